The fourth-order valence-corrected chi connectivity index (χ4v) is 7.41. The summed E-state index contributed by atoms with van der Waals surface area (Å²) in [4.78, 5) is 5.41. The minimum absolute atomic E-state index is 0.202. The van der Waals surface area contributed by atoms with Crippen molar-refractivity contribution >= 4 is 17.1 Å². The van der Waals surface area contributed by atoms with Crippen LogP contribution in [0.5, 0.6) is 0 Å². The van der Waals surface area contributed by atoms with Gasteiger partial charge in [-0.1, -0.05) is 49.7 Å². The number of aryl methyl sites for hydroxylation is 5. The van der Waals surface area contributed by atoms with Gasteiger partial charge in [-0.05, 0) is 99.4 Å². The Bertz CT molecular complexity index is 1400. The summed E-state index contributed by atoms with van der Waals surface area (Å²) in [6.07, 6.45) is 3.81. The van der Waals surface area contributed by atoms with Crippen LogP contribution in [0.2, 0.25) is 0 Å². The molecule has 0 aromatic heterocycles. The first-order chi connectivity index (χ1) is 16.7. The summed E-state index contributed by atoms with van der Waals surface area (Å²) in [5, 5.41) is 0. The van der Waals surface area contributed by atoms with E-state index in [1.165, 1.54) is 85.6 Å². The van der Waals surface area contributed by atoms with E-state index in [0.29, 0.717) is 6.17 Å². The van der Waals surface area contributed by atoms with Gasteiger partial charge in [0.15, 0.2) is 0 Å². The SMILES string of the molecule is CCC1(CC)Cc2cc(C)cc3c2N2C(=C(c4c(C)cccc4C)N(C)C21)c1cc(C)c(C)cc1-3. The Hall–Kier alpha value is -3.00. The van der Waals surface area contributed by atoms with Crippen LogP contribution >= 0.6 is 0 Å². The first kappa shape index (κ1) is 22.5. The fourth-order valence-electron chi connectivity index (χ4n) is 7.41. The van der Waals surface area contributed by atoms with Crippen molar-refractivity contribution in [1.82, 2.24) is 4.90 Å². The van der Waals surface area contributed by atoms with Gasteiger partial charge >= 0.3 is 0 Å². The third kappa shape index (κ3) is 2.83. The molecule has 0 saturated heterocycles. The normalized spacial score (nSPS) is 19.3. The van der Waals surface area contributed by atoms with Gasteiger partial charge in [0.25, 0.3) is 0 Å². The molecule has 180 valence electrons. The molecule has 3 aromatic carbocycles. The van der Waals surface area contributed by atoms with Crippen molar-refractivity contribution in [3.8, 4) is 11.1 Å². The lowest BCUT2D eigenvalue weighted by atomic mass is 9.69. The van der Waals surface area contributed by atoms with E-state index in [4.69, 9.17) is 0 Å². The molecule has 0 amide bonds. The summed E-state index contributed by atoms with van der Waals surface area (Å²) in [7, 11) is 2.36. The minimum atomic E-state index is 0.202. The molecule has 2 heteroatoms. The molecule has 35 heavy (non-hydrogen) atoms. The Balaban J connectivity index is 1.80. The number of benzene rings is 3. The lowest BCUT2D eigenvalue weighted by molar-refractivity contribution is 0.114. The summed E-state index contributed by atoms with van der Waals surface area (Å²) < 4.78 is 0. The van der Waals surface area contributed by atoms with E-state index in [2.05, 4.69) is 108 Å². The quantitative estimate of drug-likeness (QED) is 0.387. The molecular weight excluding hydrogens is 424 g/mol. The van der Waals surface area contributed by atoms with Gasteiger partial charge in [0.2, 0.25) is 0 Å². The molecule has 0 fully saturated rings. The lowest BCUT2D eigenvalue weighted by Gasteiger charge is -2.53. The second-order valence-electron chi connectivity index (χ2n) is 11.4. The Morgan fingerprint density at radius 3 is 2.03 bits per heavy atom. The number of hydrogen-bond donors (Lipinski definition) is 0. The van der Waals surface area contributed by atoms with Crippen LogP contribution < -0.4 is 4.90 Å². The van der Waals surface area contributed by atoms with Gasteiger partial charge in [-0.2, -0.15) is 0 Å². The van der Waals surface area contributed by atoms with Crippen LogP contribution in [0.4, 0.5) is 5.69 Å². The molecule has 0 aliphatic carbocycles. The smallest absolute Gasteiger partial charge is 0.112 e. The van der Waals surface area contributed by atoms with Gasteiger partial charge in [0.05, 0.1) is 17.1 Å². The maximum absolute atomic E-state index is 2.76. The van der Waals surface area contributed by atoms with Crippen molar-refractivity contribution in [2.75, 3.05) is 11.9 Å². The summed E-state index contributed by atoms with van der Waals surface area (Å²) >= 11 is 0. The molecule has 3 aliphatic heterocycles. The largest absolute Gasteiger partial charge is 0.351 e. The van der Waals surface area contributed by atoms with E-state index in [1.807, 2.05) is 0 Å². The Kier molecular flexibility index (Phi) is 4.81. The summed E-state index contributed by atoms with van der Waals surface area (Å²) in [5.74, 6) is 0. The van der Waals surface area contributed by atoms with Gasteiger partial charge in [-0.25, -0.2) is 0 Å². The number of nitrogens with zero attached hydrogens (tertiary/aromatic N) is 2. The maximum atomic E-state index is 2.76. The number of rotatable bonds is 3. The molecule has 3 aromatic rings. The third-order valence-electron chi connectivity index (χ3n) is 9.40. The Morgan fingerprint density at radius 2 is 1.40 bits per heavy atom. The first-order valence-electron chi connectivity index (χ1n) is 13.3. The highest BCUT2D eigenvalue weighted by atomic mass is 15.4. The van der Waals surface area contributed by atoms with Crippen molar-refractivity contribution in [2.24, 2.45) is 5.41 Å². The van der Waals surface area contributed by atoms with Crippen LogP contribution in [0, 0.1) is 40.0 Å². The zero-order valence-electron chi connectivity index (χ0n) is 22.6. The molecule has 0 N–H and O–H groups in total. The summed E-state index contributed by atoms with van der Waals surface area (Å²) in [6, 6.07) is 16.6. The molecule has 0 spiro atoms. The second kappa shape index (κ2) is 7.50. The van der Waals surface area contributed by atoms with Crippen LogP contribution in [-0.4, -0.2) is 18.1 Å². The number of anilines is 1. The molecule has 0 saturated carbocycles. The molecule has 0 bridgehead atoms. The average molecular weight is 463 g/mol. The highest BCUT2D eigenvalue weighted by Gasteiger charge is 2.55. The van der Waals surface area contributed by atoms with Crippen LogP contribution in [0.15, 0.2) is 42.5 Å². The lowest BCUT2D eigenvalue weighted by Crippen LogP contribution is -2.55. The molecule has 6 rings (SSSR count). The van der Waals surface area contributed by atoms with Gasteiger partial charge in [0, 0.05) is 29.2 Å². The van der Waals surface area contributed by atoms with Gasteiger partial charge < -0.3 is 9.80 Å². The minimum Gasteiger partial charge on any atom is -0.351 e. The fraction of sp³-hybridized carbons (Fsp3) is 0.394. The van der Waals surface area contributed by atoms with E-state index in [9.17, 15) is 0 Å². The van der Waals surface area contributed by atoms with Crippen LogP contribution in [-0.2, 0) is 6.42 Å². The maximum Gasteiger partial charge on any atom is 0.112 e. The van der Waals surface area contributed by atoms with Crippen molar-refractivity contribution in [2.45, 2.75) is 73.9 Å². The van der Waals surface area contributed by atoms with Gasteiger partial charge in [-0.15, -0.1) is 0 Å². The van der Waals surface area contributed by atoms with E-state index >= 15 is 0 Å². The molecule has 3 aliphatic rings. The highest BCUT2D eigenvalue weighted by Crippen LogP contribution is 2.61. The highest BCUT2D eigenvalue weighted by molar-refractivity contribution is 6.10. The monoisotopic (exact) mass is 462 g/mol. The van der Waals surface area contributed by atoms with E-state index in [-0.39, 0.29) is 5.41 Å². The van der Waals surface area contributed by atoms with E-state index in [0.717, 1.165) is 6.42 Å². The molecule has 3 heterocycles. The second-order valence-corrected chi connectivity index (χ2v) is 11.4. The first-order valence-corrected chi connectivity index (χ1v) is 13.3. The van der Waals surface area contributed by atoms with E-state index in [1.54, 1.807) is 0 Å². The molecule has 1 unspecified atom stereocenters. The Labute approximate surface area is 211 Å². The molecule has 1 atom stereocenters. The standard InChI is InChI=1S/C33H38N2/c1-9-33(10-2)18-24-14-19(3)15-26-25-16-22(6)23(7)17-27(25)30-31(28-20(4)12-11-13-21(28)5)34(8)32(33)35(30)29(24)26/h11-17,32H,9-10,18H2,1-8H3. The van der Waals surface area contributed by atoms with Crippen LogP contribution in [0.1, 0.15) is 71.2 Å². The summed E-state index contributed by atoms with van der Waals surface area (Å²) in [6.45, 7) is 16.2. The Morgan fingerprint density at radius 1 is 0.771 bits per heavy atom. The average Bonchev–Trinajstić information content (AvgIpc) is 3.12. The molecule has 2 nitrogen and oxygen atoms in total. The van der Waals surface area contributed by atoms with Crippen LogP contribution in [0.3, 0.4) is 0 Å². The van der Waals surface area contributed by atoms with E-state index < -0.39 is 0 Å². The molecule has 0 radical (unpaired) electrons. The predicted octanol–water partition coefficient (Wildman–Crippen LogP) is 8.18. The topological polar surface area (TPSA) is 6.48 Å². The predicted molar refractivity (Wildman–Crippen MR) is 150 cm³/mol. The molecular formula is C33H38N2. The van der Waals surface area contributed by atoms with Crippen molar-refractivity contribution < 1.29 is 0 Å². The van der Waals surface area contributed by atoms with Crippen molar-refractivity contribution in [3.63, 3.8) is 0 Å². The van der Waals surface area contributed by atoms with Gasteiger partial charge in [-0.3, -0.25) is 0 Å². The van der Waals surface area contributed by atoms with Crippen molar-refractivity contribution in [1.29, 1.82) is 0 Å². The van der Waals surface area contributed by atoms with Gasteiger partial charge in [0.1, 0.15) is 6.17 Å². The summed E-state index contributed by atoms with van der Waals surface area (Å²) in [5.41, 5.74) is 18.5. The van der Waals surface area contributed by atoms with Crippen molar-refractivity contribution in [3.05, 3.63) is 87.0 Å². The zero-order valence-corrected chi connectivity index (χ0v) is 22.6. The number of hydrogen-bond acceptors (Lipinski definition) is 2. The third-order valence-corrected chi connectivity index (χ3v) is 9.40. The number of fused-ring (bicyclic) bond motifs is 3. The van der Waals surface area contributed by atoms with Crippen LogP contribution in [0.25, 0.3) is 22.5 Å². The zero-order chi connectivity index (χ0) is 24.8.